The Balaban J connectivity index is 1.04. The van der Waals surface area contributed by atoms with Crippen LogP contribution >= 0.6 is 0 Å². The Bertz CT molecular complexity index is 2550. The van der Waals surface area contributed by atoms with Gasteiger partial charge in [0, 0.05) is 35.0 Å². The fourth-order valence-corrected chi connectivity index (χ4v) is 8.82. The first-order chi connectivity index (χ1) is 29.6. The highest BCUT2D eigenvalue weighted by Gasteiger charge is 2.50. The van der Waals surface area contributed by atoms with Crippen LogP contribution in [0.5, 0.6) is 5.75 Å². The van der Waals surface area contributed by atoms with Gasteiger partial charge in [0.25, 0.3) is 5.92 Å². The quantitative estimate of drug-likeness (QED) is 0.112. The second-order valence-corrected chi connectivity index (χ2v) is 16.2. The molecule has 6 heterocycles. The van der Waals surface area contributed by atoms with Gasteiger partial charge in [0.05, 0.1) is 67.8 Å². The zero-order valence-corrected chi connectivity index (χ0v) is 35.1. The predicted molar refractivity (Wildman–Crippen MR) is 219 cm³/mol. The number of amides is 4. The molecule has 328 valence electrons. The summed E-state index contributed by atoms with van der Waals surface area (Å²) >= 11 is 0. The summed E-state index contributed by atoms with van der Waals surface area (Å²) in [6.45, 7) is 6.86. The van der Waals surface area contributed by atoms with Crippen LogP contribution < -0.4 is 15.4 Å². The van der Waals surface area contributed by atoms with Crippen LogP contribution in [0.1, 0.15) is 83.3 Å². The summed E-state index contributed by atoms with van der Waals surface area (Å²) in [5.74, 6) is -3.53. The van der Waals surface area contributed by atoms with E-state index in [4.69, 9.17) is 9.47 Å². The predicted octanol–water partition coefficient (Wildman–Crippen LogP) is 7.23. The van der Waals surface area contributed by atoms with Gasteiger partial charge in [0.2, 0.25) is 11.8 Å². The number of aromatic nitrogens is 5. The van der Waals surface area contributed by atoms with Gasteiger partial charge in [-0.25, -0.2) is 32.7 Å². The maximum absolute atomic E-state index is 16.7. The topological polar surface area (TPSA) is 189 Å². The first-order valence-corrected chi connectivity index (χ1v) is 20.6. The molecule has 8 rings (SSSR count). The van der Waals surface area contributed by atoms with Gasteiger partial charge in [0.1, 0.15) is 29.5 Å². The molecule has 2 aromatic carbocycles. The second kappa shape index (κ2) is 16.4. The Kier molecular flexibility index (Phi) is 11.1. The number of aromatic amines is 2. The number of fused-ring (bicyclic) bond motifs is 5. The summed E-state index contributed by atoms with van der Waals surface area (Å²) in [7, 11) is 2.40. The van der Waals surface area contributed by atoms with Gasteiger partial charge in [0.15, 0.2) is 12.0 Å². The molecular weight excluding hydrogens is 812 g/mol. The van der Waals surface area contributed by atoms with Crippen LogP contribution in [0.3, 0.4) is 0 Å². The first kappa shape index (κ1) is 42.2. The van der Waals surface area contributed by atoms with E-state index in [9.17, 15) is 28.0 Å². The average Bonchev–Trinajstić information content (AvgIpc) is 4.11. The maximum atomic E-state index is 16.7. The van der Waals surface area contributed by atoms with Crippen molar-refractivity contribution in [3.63, 3.8) is 0 Å². The standard InChI is InChI=1S/C43H48F3N9O7/c1-7-27(51-41(58)60-5)39(56)54-20-43(45,46)17-32(54)38-48-18-28(50-38)23-11-13-30-26(15-23)34(44)36-25-12-10-24(16-33(25)62-22(4)55(30)36)29-19-47-37(49-29)31-9-8-14-53(31)40(57)35(21(2)3)52-42(59)61-6/h10-13,15-16,18-19,21-22,27,31-32,35H,7-9,14,17,20H2,1-6H3,(H,47,49)(H,48,50)(H,51,58)(H,52,59). The molecule has 0 bridgehead atoms. The number of hydrogen-bond donors (Lipinski definition) is 4. The summed E-state index contributed by atoms with van der Waals surface area (Å²) in [4.78, 5) is 69.2. The zero-order chi connectivity index (χ0) is 44.2. The summed E-state index contributed by atoms with van der Waals surface area (Å²) in [5.41, 5.74) is 3.85. The Morgan fingerprint density at radius 1 is 0.919 bits per heavy atom. The molecule has 16 nitrogen and oxygen atoms in total. The molecule has 3 aromatic heterocycles. The number of alkyl carbamates (subject to hydrolysis) is 2. The van der Waals surface area contributed by atoms with E-state index in [0.29, 0.717) is 63.7 Å². The van der Waals surface area contributed by atoms with E-state index in [0.717, 1.165) is 24.0 Å². The van der Waals surface area contributed by atoms with Crippen LogP contribution in [0.15, 0.2) is 48.8 Å². The van der Waals surface area contributed by atoms with Gasteiger partial charge in [-0.1, -0.05) is 32.9 Å². The van der Waals surface area contributed by atoms with Gasteiger partial charge < -0.3 is 49.2 Å². The third-order valence-electron chi connectivity index (χ3n) is 11.9. The van der Waals surface area contributed by atoms with E-state index in [2.05, 4.69) is 35.3 Å². The lowest BCUT2D eigenvalue weighted by Gasteiger charge is -2.30. The molecule has 4 N–H and O–H groups in total. The maximum Gasteiger partial charge on any atom is 0.407 e. The van der Waals surface area contributed by atoms with Gasteiger partial charge in [-0.3, -0.25) is 9.59 Å². The number of halogens is 3. The SMILES string of the molecule is CCC(NC(=O)OC)C(=O)N1CC(F)(F)CC1c1ncc(-c2ccc3c(c2)c(F)c2n3C(C)Oc3cc(-c4cnc(C5CCCN5C(=O)C(NC(=O)OC)C(C)C)[nH]4)ccc3-2)[nH]1. The molecule has 2 fully saturated rings. The number of carbonyl (C=O) groups excluding carboxylic acids is 4. The number of imidazole rings is 2. The van der Waals surface area contributed by atoms with E-state index in [-0.39, 0.29) is 30.1 Å². The Hall–Kier alpha value is -6.53. The molecule has 19 heteroatoms. The van der Waals surface area contributed by atoms with Crippen LogP contribution in [-0.4, -0.2) is 104 Å². The number of methoxy groups -OCH3 is 2. The molecule has 3 aliphatic rings. The highest BCUT2D eigenvalue weighted by atomic mass is 19.3. The summed E-state index contributed by atoms with van der Waals surface area (Å²) < 4.78 is 63.9. The minimum Gasteiger partial charge on any atom is -0.470 e. The summed E-state index contributed by atoms with van der Waals surface area (Å²) in [6.07, 6.45) is 1.98. The van der Waals surface area contributed by atoms with E-state index in [1.54, 1.807) is 46.9 Å². The van der Waals surface area contributed by atoms with Crippen LogP contribution in [-0.2, 0) is 19.1 Å². The Labute approximate surface area is 354 Å². The number of ether oxygens (including phenoxy) is 3. The van der Waals surface area contributed by atoms with Gasteiger partial charge in [-0.05, 0) is 56.4 Å². The number of benzene rings is 2. The summed E-state index contributed by atoms with van der Waals surface area (Å²) in [6, 6.07) is 7.38. The molecular formula is C43H48F3N9O7. The lowest BCUT2D eigenvalue weighted by atomic mass is 10.0. The van der Waals surface area contributed by atoms with Crippen molar-refractivity contribution in [1.29, 1.82) is 0 Å². The highest BCUT2D eigenvalue weighted by Crippen LogP contribution is 2.47. The monoisotopic (exact) mass is 859 g/mol. The normalized spacial score (nSPS) is 20.1. The minimum absolute atomic E-state index is 0.132. The Morgan fingerprint density at radius 3 is 2.23 bits per heavy atom. The number of nitrogens with zero attached hydrogens (tertiary/aromatic N) is 5. The van der Waals surface area contributed by atoms with Crippen LogP contribution in [0.4, 0.5) is 22.8 Å². The van der Waals surface area contributed by atoms with Gasteiger partial charge in [-0.15, -0.1) is 0 Å². The first-order valence-electron chi connectivity index (χ1n) is 20.6. The number of H-pyrrole nitrogens is 2. The zero-order valence-electron chi connectivity index (χ0n) is 35.1. The van der Waals surface area contributed by atoms with Crippen molar-refractivity contribution in [2.75, 3.05) is 27.3 Å². The third kappa shape index (κ3) is 7.57. The van der Waals surface area contributed by atoms with Crippen LogP contribution in [0, 0.1) is 11.7 Å². The lowest BCUT2D eigenvalue weighted by molar-refractivity contribution is -0.136. The van der Waals surface area contributed by atoms with Crippen LogP contribution in [0.25, 0.3) is 44.7 Å². The van der Waals surface area contributed by atoms with E-state index in [1.807, 2.05) is 32.9 Å². The molecule has 5 aromatic rings. The van der Waals surface area contributed by atoms with Crippen molar-refractivity contribution in [3.05, 3.63) is 66.3 Å². The van der Waals surface area contributed by atoms with E-state index < -0.39 is 67.2 Å². The number of carbonyl (C=O) groups is 4. The van der Waals surface area contributed by atoms with Gasteiger partial charge in [-0.2, -0.15) is 0 Å². The Morgan fingerprint density at radius 2 is 1.56 bits per heavy atom. The van der Waals surface area contributed by atoms with Gasteiger partial charge >= 0.3 is 12.2 Å². The molecule has 5 atom stereocenters. The number of rotatable bonds is 10. The van der Waals surface area contributed by atoms with Crippen molar-refractivity contribution < 1.29 is 46.6 Å². The molecule has 0 spiro atoms. The smallest absolute Gasteiger partial charge is 0.407 e. The van der Waals surface area contributed by atoms with Crippen molar-refractivity contribution in [3.8, 4) is 39.5 Å². The molecule has 0 saturated carbocycles. The number of nitrogens with one attached hydrogen (secondary N) is 4. The second-order valence-electron chi connectivity index (χ2n) is 16.2. The average molecular weight is 860 g/mol. The molecule has 3 aliphatic heterocycles. The molecule has 62 heavy (non-hydrogen) atoms. The molecule has 2 saturated heterocycles. The van der Waals surface area contributed by atoms with Crippen molar-refractivity contribution >= 4 is 34.9 Å². The molecule has 0 radical (unpaired) electrons. The molecule has 5 unspecified atom stereocenters. The van der Waals surface area contributed by atoms with Crippen molar-refractivity contribution in [2.24, 2.45) is 5.92 Å². The molecule has 4 amide bonds. The number of alkyl halides is 2. The highest BCUT2D eigenvalue weighted by molar-refractivity contribution is 5.93. The van der Waals surface area contributed by atoms with E-state index in [1.165, 1.54) is 13.3 Å². The lowest BCUT2D eigenvalue weighted by Crippen LogP contribution is -2.51. The fraction of sp³-hybridized carbons (Fsp3) is 0.442. The van der Waals surface area contributed by atoms with E-state index >= 15 is 4.39 Å². The largest absolute Gasteiger partial charge is 0.470 e. The minimum atomic E-state index is -3.19. The number of likely N-dealkylation sites (tertiary alicyclic amines) is 2. The van der Waals surface area contributed by atoms with Crippen molar-refractivity contribution in [1.82, 2.24) is 44.9 Å². The van der Waals surface area contributed by atoms with Crippen LogP contribution in [0.2, 0.25) is 0 Å². The fourth-order valence-electron chi connectivity index (χ4n) is 8.82. The summed E-state index contributed by atoms with van der Waals surface area (Å²) in [5, 5.41) is 5.38. The molecule has 0 aliphatic carbocycles. The third-order valence-corrected chi connectivity index (χ3v) is 11.9. The van der Waals surface area contributed by atoms with Crippen molar-refractivity contribution in [2.45, 2.75) is 89.7 Å². The number of hydrogen-bond acceptors (Lipinski definition) is 9.